The molecule has 2 aromatic rings. The second-order valence-electron chi connectivity index (χ2n) is 11.3. The molecule has 1 aliphatic carbocycles. The number of hydrogen-bond donors (Lipinski definition) is 2. The molecule has 1 fully saturated rings. The number of nitrogens with zero attached hydrogens (tertiary/aromatic N) is 2. The van der Waals surface area contributed by atoms with Crippen molar-refractivity contribution < 1.29 is 31.5 Å². The molecule has 0 radical (unpaired) electrons. The number of hydrogen-bond acceptors (Lipinski definition) is 6. The second kappa shape index (κ2) is 12.2. The number of rotatable bonds is 9. The Hall–Kier alpha value is -2.50. The number of sulfone groups is 1. The molecule has 0 spiro atoms. The molecule has 220 valence electrons. The van der Waals surface area contributed by atoms with Gasteiger partial charge >= 0.3 is 6.18 Å². The molecule has 1 aromatic heterocycles. The number of benzene rings is 1. The van der Waals surface area contributed by atoms with Gasteiger partial charge in [0.15, 0.2) is 9.84 Å². The zero-order valence-corrected chi connectivity index (χ0v) is 23.9. The van der Waals surface area contributed by atoms with Crippen LogP contribution in [0.1, 0.15) is 85.7 Å². The third-order valence-electron chi connectivity index (χ3n) is 8.27. The Morgan fingerprint density at radius 2 is 1.85 bits per heavy atom. The van der Waals surface area contributed by atoms with Crippen LogP contribution < -0.4 is 5.32 Å². The lowest BCUT2D eigenvalue weighted by Crippen LogP contribution is -2.34. The molecule has 1 saturated carbocycles. The number of nitrogens with one attached hydrogen (secondary N) is 1. The maximum atomic E-state index is 13.1. The van der Waals surface area contributed by atoms with Gasteiger partial charge in [-0.3, -0.25) is 14.7 Å². The van der Waals surface area contributed by atoms with E-state index in [-0.39, 0.29) is 47.3 Å². The highest BCUT2D eigenvalue weighted by Gasteiger charge is 2.42. The minimum atomic E-state index is -4.11. The molecule has 11 heteroatoms. The van der Waals surface area contributed by atoms with Crippen molar-refractivity contribution in [2.45, 2.75) is 76.2 Å². The van der Waals surface area contributed by atoms with Gasteiger partial charge < -0.3 is 10.4 Å². The van der Waals surface area contributed by atoms with Gasteiger partial charge in [0, 0.05) is 30.9 Å². The molecule has 0 saturated heterocycles. The first-order valence-electron chi connectivity index (χ1n) is 13.9. The van der Waals surface area contributed by atoms with E-state index in [4.69, 9.17) is 0 Å². The van der Waals surface area contributed by atoms with Gasteiger partial charge in [-0.05, 0) is 72.9 Å². The topological polar surface area (TPSA) is 99.6 Å². The molecular weight excluding hydrogens is 543 g/mol. The van der Waals surface area contributed by atoms with E-state index in [1.807, 2.05) is 12.1 Å². The summed E-state index contributed by atoms with van der Waals surface area (Å²) in [6, 6.07) is 7.76. The number of aliphatic hydroxyl groups excluding tert-OH is 1. The van der Waals surface area contributed by atoms with E-state index in [0.29, 0.717) is 30.6 Å². The van der Waals surface area contributed by atoms with Crippen LogP contribution in [0.3, 0.4) is 0 Å². The quantitative estimate of drug-likeness (QED) is 0.421. The second-order valence-corrected chi connectivity index (χ2v) is 13.6. The first-order valence-corrected chi connectivity index (χ1v) is 15.5. The number of pyridine rings is 1. The summed E-state index contributed by atoms with van der Waals surface area (Å²) in [5.41, 5.74) is 2.92. The Labute approximate surface area is 234 Å². The summed E-state index contributed by atoms with van der Waals surface area (Å²) in [4.78, 5) is 19.7. The molecule has 2 aliphatic rings. The summed E-state index contributed by atoms with van der Waals surface area (Å²) in [6.07, 6.45) is -1.38. The van der Waals surface area contributed by atoms with Gasteiger partial charge in [-0.1, -0.05) is 26.8 Å². The Balaban J connectivity index is 1.44. The van der Waals surface area contributed by atoms with Gasteiger partial charge in [0.05, 0.1) is 34.9 Å². The minimum Gasteiger partial charge on any atom is -0.394 e. The van der Waals surface area contributed by atoms with E-state index in [9.17, 15) is 31.5 Å². The number of aromatic nitrogens is 1. The molecule has 7 nitrogen and oxygen atoms in total. The van der Waals surface area contributed by atoms with Crippen LogP contribution in [0.15, 0.2) is 41.4 Å². The average Bonchev–Trinajstić information content (AvgIpc) is 3.28. The lowest BCUT2D eigenvalue weighted by atomic mass is 9.81. The summed E-state index contributed by atoms with van der Waals surface area (Å²) in [7, 11) is -3.41. The van der Waals surface area contributed by atoms with Crippen LogP contribution in [0.4, 0.5) is 13.2 Å². The number of aliphatic hydroxyl groups is 1. The molecule has 1 amide bonds. The first-order chi connectivity index (χ1) is 18.8. The minimum absolute atomic E-state index is 0.0548. The fourth-order valence-electron chi connectivity index (χ4n) is 6.05. The molecular formula is C29H38F3N3O4S. The van der Waals surface area contributed by atoms with E-state index in [2.05, 4.69) is 29.0 Å². The number of halogens is 3. The standard InChI is InChI=1S/C29H38F3N3O4S/c1-4-40(38,39)23-10-12-25(33-14-23)26(17-36)34-28(37)20-7-11-24-21(13-20)16-35(27(24)18(2)3)15-19-5-8-22(9-6-19)29(30,31)32/h7,10-14,18-19,22,26-27,36H,4-6,8-9,15-17H2,1-3H3,(H,34,37)/t19?,22?,26-,27?/m0/s1. The van der Waals surface area contributed by atoms with E-state index < -0.39 is 34.6 Å². The van der Waals surface area contributed by atoms with Crippen LogP contribution in [-0.4, -0.2) is 54.4 Å². The summed E-state index contributed by atoms with van der Waals surface area (Å²) < 4.78 is 63.4. The van der Waals surface area contributed by atoms with E-state index in [1.54, 1.807) is 13.0 Å². The van der Waals surface area contributed by atoms with E-state index in [1.165, 1.54) is 18.3 Å². The summed E-state index contributed by atoms with van der Waals surface area (Å²) in [6.45, 7) is 6.74. The zero-order chi connectivity index (χ0) is 29.2. The summed E-state index contributed by atoms with van der Waals surface area (Å²) >= 11 is 0. The van der Waals surface area contributed by atoms with Gasteiger partial charge in [-0.2, -0.15) is 13.2 Å². The third-order valence-corrected chi connectivity index (χ3v) is 9.99. The van der Waals surface area contributed by atoms with Gasteiger partial charge in [-0.25, -0.2) is 8.42 Å². The van der Waals surface area contributed by atoms with Crippen molar-refractivity contribution >= 4 is 15.7 Å². The molecule has 1 unspecified atom stereocenters. The predicted octanol–water partition coefficient (Wildman–Crippen LogP) is 5.22. The Bertz CT molecular complexity index is 1290. The number of fused-ring (bicyclic) bond motifs is 1. The number of alkyl halides is 3. The number of amides is 1. The smallest absolute Gasteiger partial charge is 0.391 e. The zero-order valence-electron chi connectivity index (χ0n) is 23.1. The van der Waals surface area contributed by atoms with Crippen LogP contribution in [0, 0.1) is 17.8 Å². The Morgan fingerprint density at radius 3 is 2.40 bits per heavy atom. The fraction of sp³-hybridized carbons (Fsp3) is 0.586. The van der Waals surface area contributed by atoms with Gasteiger partial charge in [0.25, 0.3) is 5.91 Å². The predicted molar refractivity (Wildman–Crippen MR) is 145 cm³/mol. The van der Waals surface area contributed by atoms with Crippen molar-refractivity contribution in [3.63, 3.8) is 0 Å². The normalized spacial score (nSPS) is 22.8. The van der Waals surface area contributed by atoms with Gasteiger partial charge in [0.1, 0.15) is 0 Å². The monoisotopic (exact) mass is 581 g/mol. The maximum absolute atomic E-state index is 13.1. The first kappa shape index (κ1) is 30.5. The van der Waals surface area contributed by atoms with Crippen LogP contribution in [-0.2, 0) is 16.4 Å². The molecule has 1 aromatic carbocycles. The summed E-state index contributed by atoms with van der Waals surface area (Å²) in [5, 5.41) is 12.7. The van der Waals surface area contributed by atoms with Crippen molar-refractivity contribution in [2.75, 3.05) is 18.9 Å². The lowest BCUT2D eigenvalue weighted by molar-refractivity contribution is -0.184. The summed E-state index contributed by atoms with van der Waals surface area (Å²) in [5.74, 6) is -1.13. The highest BCUT2D eigenvalue weighted by atomic mass is 32.2. The maximum Gasteiger partial charge on any atom is 0.391 e. The molecule has 40 heavy (non-hydrogen) atoms. The molecule has 4 rings (SSSR count). The largest absolute Gasteiger partial charge is 0.394 e. The van der Waals surface area contributed by atoms with E-state index >= 15 is 0 Å². The average molecular weight is 582 g/mol. The number of carbonyl (C=O) groups excluding carboxylic acids is 1. The van der Waals surface area contributed by atoms with Crippen molar-refractivity contribution in [3.05, 3.63) is 58.9 Å². The molecule has 2 atom stereocenters. The molecule has 1 aliphatic heterocycles. The highest BCUT2D eigenvalue weighted by Crippen LogP contribution is 2.43. The van der Waals surface area contributed by atoms with Crippen molar-refractivity contribution in [3.8, 4) is 0 Å². The van der Waals surface area contributed by atoms with Gasteiger partial charge in [-0.15, -0.1) is 0 Å². The Kier molecular flexibility index (Phi) is 9.26. The van der Waals surface area contributed by atoms with Crippen molar-refractivity contribution in [1.82, 2.24) is 15.2 Å². The highest BCUT2D eigenvalue weighted by molar-refractivity contribution is 7.91. The molecule has 2 N–H and O–H groups in total. The lowest BCUT2D eigenvalue weighted by Gasteiger charge is -2.35. The number of carbonyl (C=O) groups is 1. The molecule has 2 heterocycles. The van der Waals surface area contributed by atoms with Crippen LogP contribution in [0.25, 0.3) is 0 Å². The molecule has 0 bridgehead atoms. The van der Waals surface area contributed by atoms with E-state index in [0.717, 1.165) is 17.7 Å². The van der Waals surface area contributed by atoms with Crippen molar-refractivity contribution in [1.29, 1.82) is 0 Å². The SMILES string of the molecule is CCS(=O)(=O)c1ccc([C@H](CO)NC(=O)c2ccc3c(c2)CN(CC2CCC(C(F)(F)F)CC2)C3C(C)C)nc1. The fourth-order valence-corrected chi connectivity index (χ4v) is 6.87. The third kappa shape index (κ3) is 6.69. The van der Waals surface area contributed by atoms with Crippen molar-refractivity contribution in [2.24, 2.45) is 17.8 Å². The Morgan fingerprint density at radius 1 is 1.15 bits per heavy atom. The van der Waals surface area contributed by atoms with Crippen LogP contribution in [0.5, 0.6) is 0 Å². The van der Waals surface area contributed by atoms with Crippen LogP contribution in [0.2, 0.25) is 0 Å². The van der Waals surface area contributed by atoms with Crippen LogP contribution >= 0.6 is 0 Å². The van der Waals surface area contributed by atoms with Gasteiger partial charge in [0.2, 0.25) is 0 Å².